The molecule has 0 radical (unpaired) electrons. The summed E-state index contributed by atoms with van der Waals surface area (Å²) in [6, 6.07) is 19.9. The first-order valence-corrected chi connectivity index (χ1v) is 12.0. The third kappa shape index (κ3) is 4.41. The van der Waals surface area contributed by atoms with Crippen molar-refractivity contribution in [3.8, 4) is 21.9 Å². The van der Waals surface area contributed by atoms with E-state index in [9.17, 15) is 9.90 Å². The normalized spacial score (nSPS) is 15.2. The molecule has 2 aromatic carbocycles. The number of aromatic hydroxyl groups is 1. The summed E-state index contributed by atoms with van der Waals surface area (Å²) >= 11 is 1.39. The molecule has 4 aromatic rings. The summed E-state index contributed by atoms with van der Waals surface area (Å²) in [5.74, 6) is 0.647. The number of hydrogen-bond acceptors (Lipinski definition) is 7. The zero-order valence-corrected chi connectivity index (χ0v) is 19.9. The largest absolute Gasteiger partial charge is 0.508 e. The molecule has 176 valence electrons. The number of methoxy groups -OCH3 is 1. The summed E-state index contributed by atoms with van der Waals surface area (Å²) in [6.07, 6.45) is 3.91. The number of phenols is 1. The van der Waals surface area contributed by atoms with Gasteiger partial charge in [0, 0.05) is 41.4 Å². The molecule has 0 aliphatic carbocycles. The monoisotopic (exact) mass is 484 g/mol. The van der Waals surface area contributed by atoms with Gasteiger partial charge in [-0.05, 0) is 53.6 Å². The van der Waals surface area contributed by atoms with Crippen molar-refractivity contribution < 1.29 is 14.6 Å². The maximum absolute atomic E-state index is 13.7. The number of aromatic nitrogens is 1. The van der Waals surface area contributed by atoms with E-state index in [1.54, 1.807) is 31.6 Å². The van der Waals surface area contributed by atoms with Crippen LogP contribution < -0.4 is 10.5 Å². The molecule has 3 N–H and O–H groups in total. The quantitative estimate of drug-likeness (QED) is 0.402. The van der Waals surface area contributed by atoms with E-state index < -0.39 is 6.04 Å². The minimum Gasteiger partial charge on any atom is -0.508 e. The third-order valence-corrected chi connectivity index (χ3v) is 7.13. The molecule has 1 aliphatic heterocycles. The van der Waals surface area contributed by atoms with Crippen LogP contribution in [-0.2, 0) is 6.54 Å². The zero-order valence-electron chi connectivity index (χ0n) is 19.1. The van der Waals surface area contributed by atoms with Gasteiger partial charge in [0.05, 0.1) is 23.7 Å². The van der Waals surface area contributed by atoms with Crippen LogP contribution in [0.25, 0.3) is 10.4 Å². The van der Waals surface area contributed by atoms with Crippen molar-refractivity contribution in [3.63, 3.8) is 0 Å². The van der Waals surface area contributed by atoms with Gasteiger partial charge in [0.25, 0.3) is 5.91 Å². The number of nitrogens with zero attached hydrogens (tertiary/aromatic N) is 3. The van der Waals surface area contributed by atoms with Gasteiger partial charge in [-0.15, -0.1) is 11.3 Å². The van der Waals surface area contributed by atoms with Crippen molar-refractivity contribution in [1.82, 2.24) is 9.99 Å². The minimum absolute atomic E-state index is 0.135. The van der Waals surface area contributed by atoms with Gasteiger partial charge in [0.2, 0.25) is 0 Å². The molecule has 1 aliphatic rings. The van der Waals surface area contributed by atoms with Gasteiger partial charge in [0.15, 0.2) is 0 Å². The number of rotatable bonds is 6. The van der Waals surface area contributed by atoms with E-state index in [0.29, 0.717) is 23.4 Å². The van der Waals surface area contributed by atoms with Crippen molar-refractivity contribution in [2.24, 2.45) is 10.8 Å². The number of hydrazone groups is 1. The highest BCUT2D eigenvalue weighted by Crippen LogP contribution is 2.39. The Balaban J connectivity index is 1.51. The fraction of sp³-hybridized carbons (Fsp3) is 0.148. The standard InChI is InChI=1S/C27H24N4O3S/c1-34-19-8-9-20(18(13-19)15-28)25-10-11-26(35-25)27(33)31-23(21-6-2-3-7-24(21)32)14-22(30-31)17-5-4-12-29-16-17/h2-13,16,23,32H,14-15,28H2,1H3. The lowest BCUT2D eigenvalue weighted by atomic mass is 9.98. The lowest BCUT2D eigenvalue weighted by Crippen LogP contribution is -2.26. The lowest BCUT2D eigenvalue weighted by molar-refractivity contribution is 0.0714. The predicted octanol–water partition coefficient (Wildman–Crippen LogP) is 4.97. The Morgan fingerprint density at radius 1 is 1.17 bits per heavy atom. The Hall–Kier alpha value is -4.01. The number of para-hydroxylation sites is 1. The molecule has 1 amide bonds. The van der Waals surface area contributed by atoms with Crippen molar-refractivity contribution in [3.05, 3.63) is 101 Å². The maximum Gasteiger partial charge on any atom is 0.284 e. The Bertz CT molecular complexity index is 1400. The van der Waals surface area contributed by atoms with Crippen LogP contribution in [0.1, 0.15) is 38.8 Å². The van der Waals surface area contributed by atoms with Gasteiger partial charge in [-0.1, -0.05) is 24.3 Å². The number of ether oxygens (including phenoxy) is 1. The molecule has 35 heavy (non-hydrogen) atoms. The SMILES string of the molecule is COc1ccc(-c2ccc(C(=O)N3N=C(c4cccnc4)CC3c3ccccc3O)s2)c(CN)c1. The molecule has 0 bridgehead atoms. The Morgan fingerprint density at radius 2 is 2.03 bits per heavy atom. The molecular weight excluding hydrogens is 460 g/mol. The average Bonchev–Trinajstić information content (AvgIpc) is 3.57. The van der Waals surface area contributed by atoms with Crippen molar-refractivity contribution in [1.29, 1.82) is 0 Å². The summed E-state index contributed by atoms with van der Waals surface area (Å²) in [5.41, 5.74) is 10.1. The topological polar surface area (TPSA) is 101 Å². The van der Waals surface area contributed by atoms with Crippen molar-refractivity contribution in [2.45, 2.75) is 19.0 Å². The number of phenolic OH excluding ortho intramolecular Hbond substituents is 1. The van der Waals surface area contributed by atoms with E-state index in [2.05, 4.69) is 4.98 Å². The number of nitrogens with two attached hydrogens (primary N) is 1. The summed E-state index contributed by atoms with van der Waals surface area (Å²) in [7, 11) is 1.62. The molecule has 0 fully saturated rings. The third-order valence-electron chi connectivity index (χ3n) is 6.02. The van der Waals surface area contributed by atoms with Crippen LogP contribution in [0.2, 0.25) is 0 Å². The first-order chi connectivity index (χ1) is 17.1. The van der Waals surface area contributed by atoms with E-state index in [1.165, 1.54) is 16.3 Å². The molecule has 0 spiro atoms. The van der Waals surface area contributed by atoms with E-state index in [0.717, 1.165) is 33.0 Å². The summed E-state index contributed by atoms with van der Waals surface area (Å²) in [5, 5.41) is 16.7. The van der Waals surface area contributed by atoms with Gasteiger partial charge in [-0.25, -0.2) is 5.01 Å². The number of amides is 1. The highest BCUT2D eigenvalue weighted by atomic mass is 32.1. The molecule has 7 nitrogen and oxygen atoms in total. The smallest absolute Gasteiger partial charge is 0.284 e. The maximum atomic E-state index is 13.7. The second kappa shape index (κ2) is 9.69. The number of carbonyl (C=O) groups is 1. The Labute approximate surface area is 207 Å². The fourth-order valence-electron chi connectivity index (χ4n) is 4.23. The van der Waals surface area contributed by atoms with Crippen LogP contribution in [0, 0.1) is 0 Å². The van der Waals surface area contributed by atoms with Crippen LogP contribution in [0.3, 0.4) is 0 Å². The molecule has 0 saturated heterocycles. The van der Waals surface area contributed by atoms with E-state index in [1.807, 2.05) is 54.6 Å². The highest BCUT2D eigenvalue weighted by Gasteiger charge is 2.35. The van der Waals surface area contributed by atoms with E-state index in [4.69, 9.17) is 15.6 Å². The van der Waals surface area contributed by atoms with Crippen molar-refractivity contribution in [2.75, 3.05) is 7.11 Å². The van der Waals surface area contributed by atoms with Crippen LogP contribution in [0.5, 0.6) is 11.5 Å². The molecule has 2 aromatic heterocycles. The summed E-state index contributed by atoms with van der Waals surface area (Å²) in [6.45, 7) is 0.355. The molecule has 0 saturated carbocycles. The van der Waals surface area contributed by atoms with Crippen LogP contribution in [-0.4, -0.2) is 33.8 Å². The molecule has 3 heterocycles. The zero-order chi connectivity index (χ0) is 24.4. The number of thiophene rings is 1. The van der Waals surface area contributed by atoms with Crippen LogP contribution >= 0.6 is 11.3 Å². The Kier molecular flexibility index (Phi) is 6.31. The first-order valence-electron chi connectivity index (χ1n) is 11.2. The number of benzene rings is 2. The summed E-state index contributed by atoms with van der Waals surface area (Å²) < 4.78 is 5.32. The first kappa shape index (κ1) is 22.8. The van der Waals surface area contributed by atoms with E-state index in [-0.39, 0.29) is 11.7 Å². The summed E-state index contributed by atoms with van der Waals surface area (Å²) in [4.78, 5) is 19.4. The van der Waals surface area contributed by atoms with Crippen LogP contribution in [0.15, 0.2) is 84.2 Å². The molecule has 1 unspecified atom stereocenters. The van der Waals surface area contributed by atoms with Gasteiger partial charge < -0.3 is 15.6 Å². The van der Waals surface area contributed by atoms with Crippen LogP contribution in [0.4, 0.5) is 0 Å². The minimum atomic E-state index is -0.426. The second-order valence-electron chi connectivity index (χ2n) is 8.11. The predicted molar refractivity (Wildman–Crippen MR) is 137 cm³/mol. The lowest BCUT2D eigenvalue weighted by Gasteiger charge is -2.22. The average molecular weight is 485 g/mol. The second-order valence-corrected chi connectivity index (χ2v) is 9.19. The molecular formula is C27H24N4O3S. The molecule has 8 heteroatoms. The van der Waals surface area contributed by atoms with E-state index >= 15 is 0 Å². The number of carbonyl (C=O) groups excluding carboxylic acids is 1. The fourth-order valence-corrected chi connectivity index (χ4v) is 5.23. The number of pyridine rings is 1. The molecule has 5 rings (SSSR count). The molecule has 1 atom stereocenters. The van der Waals surface area contributed by atoms with Crippen molar-refractivity contribution >= 4 is 23.0 Å². The number of hydrogen-bond donors (Lipinski definition) is 2. The van der Waals surface area contributed by atoms with Gasteiger partial charge in [0.1, 0.15) is 11.5 Å². The highest BCUT2D eigenvalue weighted by molar-refractivity contribution is 7.17. The Morgan fingerprint density at radius 3 is 2.77 bits per heavy atom. The van der Waals surface area contributed by atoms with Gasteiger partial charge >= 0.3 is 0 Å². The van der Waals surface area contributed by atoms with Gasteiger partial charge in [-0.2, -0.15) is 5.10 Å². The van der Waals surface area contributed by atoms with Gasteiger partial charge in [-0.3, -0.25) is 9.78 Å².